The Morgan fingerprint density at radius 2 is 1.94 bits per heavy atom. The Labute approximate surface area is 200 Å². The SMILES string of the molecule is CCCOc1cccc(C2C(C#N)=C(N)Oc3cc(OC(=O)c4ccccc4Br)ccc32)c1. The van der Waals surface area contributed by atoms with Crippen molar-refractivity contribution < 1.29 is 19.0 Å². The van der Waals surface area contributed by atoms with Crippen molar-refractivity contribution in [2.45, 2.75) is 19.3 Å². The molecule has 0 aliphatic carbocycles. The van der Waals surface area contributed by atoms with Gasteiger partial charge < -0.3 is 19.9 Å². The van der Waals surface area contributed by atoms with E-state index in [4.69, 9.17) is 19.9 Å². The lowest BCUT2D eigenvalue weighted by molar-refractivity contribution is 0.0733. The van der Waals surface area contributed by atoms with Crippen molar-refractivity contribution in [3.8, 4) is 23.3 Å². The molecule has 0 aromatic heterocycles. The van der Waals surface area contributed by atoms with Gasteiger partial charge in [-0.05, 0) is 58.2 Å². The van der Waals surface area contributed by atoms with Crippen LogP contribution in [-0.2, 0) is 0 Å². The second kappa shape index (κ2) is 9.80. The lowest BCUT2D eigenvalue weighted by Crippen LogP contribution is -2.21. The molecule has 4 rings (SSSR count). The van der Waals surface area contributed by atoms with Gasteiger partial charge in [0.1, 0.15) is 28.9 Å². The summed E-state index contributed by atoms with van der Waals surface area (Å²) in [6, 6.07) is 21.8. The number of allylic oxidation sites excluding steroid dienone is 1. The first kappa shape index (κ1) is 22.4. The molecule has 6 nitrogen and oxygen atoms in total. The van der Waals surface area contributed by atoms with Crippen LogP contribution in [0.25, 0.3) is 0 Å². The van der Waals surface area contributed by atoms with E-state index in [0.717, 1.165) is 23.3 Å². The van der Waals surface area contributed by atoms with Crippen LogP contribution < -0.4 is 19.9 Å². The Hall–Kier alpha value is -3.76. The molecule has 0 radical (unpaired) electrons. The van der Waals surface area contributed by atoms with E-state index in [1.807, 2.05) is 37.3 Å². The third-order valence-electron chi connectivity index (χ3n) is 5.16. The van der Waals surface area contributed by atoms with E-state index in [0.29, 0.717) is 33.7 Å². The van der Waals surface area contributed by atoms with Gasteiger partial charge in [-0.2, -0.15) is 5.26 Å². The predicted octanol–water partition coefficient (Wildman–Crippen LogP) is 5.68. The summed E-state index contributed by atoms with van der Waals surface area (Å²) in [4.78, 5) is 12.6. The fraction of sp³-hybridized carbons (Fsp3) is 0.154. The molecule has 1 unspecified atom stereocenters. The third kappa shape index (κ3) is 4.71. The maximum Gasteiger partial charge on any atom is 0.344 e. The number of fused-ring (bicyclic) bond motifs is 1. The fourth-order valence-electron chi connectivity index (χ4n) is 3.63. The molecule has 3 aromatic rings. The minimum absolute atomic E-state index is 0.0177. The molecule has 166 valence electrons. The highest BCUT2D eigenvalue weighted by atomic mass is 79.9. The van der Waals surface area contributed by atoms with E-state index < -0.39 is 11.9 Å². The first-order valence-corrected chi connectivity index (χ1v) is 11.2. The van der Waals surface area contributed by atoms with E-state index >= 15 is 0 Å². The molecule has 0 amide bonds. The van der Waals surface area contributed by atoms with Gasteiger partial charge in [0.15, 0.2) is 0 Å². The molecule has 0 fully saturated rings. The minimum atomic E-state index is -0.503. The summed E-state index contributed by atoms with van der Waals surface area (Å²) in [5.74, 6) is 0.533. The van der Waals surface area contributed by atoms with Crippen LogP contribution in [0.15, 0.2) is 82.7 Å². The quantitative estimate of drug-likeness (QED) is 0.343. The molecule has 1 atom stereocenters. The van der Waals surface area contributed by atoms with Gasteiger partial charge in [0.05, 0.1) is 18.1 Å². The third-order valence-corrected chi connectivity index (χ3v) is 5.85. The van der Waals surface area contributed by atoms with Crippen molar-refractivity contribution in [1.82, 2.24) is 0 Å². The molecule has 1 aliphatic heterocycles. The average molecular weight is 505 g/mol. The van der Waals surface area contributed by atoms with Gasteiger partial charge in [-0.25, -0.2) is 4.79 Å². The molecule has 0 bridgehead atoms. The lowest BCUT2D eigenvalue weighted by atomic mass is 9.83. The highest BCUT2D eigenvalue weighted by molar-refractivity contribution is 9.10. The van der Waals surface area contributed by atoms with Crippen LogP contribution in [0.5, 0.6) is 17.2 Å². The number of nitriles is 1. The zero-order valence-corrected chi connectivity index (χ0v) is 19.5. The number of carbonyl (C=O) groups excluding carboxylic acids is 1. The van der Waals surface area contributed by atoms with Crippen molar-refractivity contribution in [2.24, 2.45) is 5.73 Å². The van der Waals surface area contributed by atoms with Crippen molar-refractivity contribution >= 4 is 21.9 Å². The number of hydrogen-bond donors (Lipinski definition) is 1. The Morgan fingerprint density at radius 3 is 2.70 bits per heavy atom. The molecule has 7 heteroatoms. The lowest BCUT2D eigenvalue weighted by Gasteiger charge is -2.27. The fourth-order valence-corrected chi connectivity index (χ4v) is 4.08. The van der Waals surface area contributed by atoms with Gasteiger partial charge in [-0.15, -0.1) is 0 Å². The van der Waals surface area contributed by atoms with E-state index in [1.54, 1.807) is 36.4 Å². The number of nitrogens with zero attached hydrogens (tertiary/aromatic N) is 1. The number of hydrogen-bond acceptors (Lipinski definition) is 6. The highest BCUT2D eigenvalue weighted by Crippen LogP contribution is 2.44. The predicted molar refractivity (Wildman–Crippen MR) is 127 cm³/mol. The van der Waals surface area contributed by atoms with Crippen molar-refractivity contribution in [3.63, 3.8) is 0 Å². The molecule has 1 heterocycles. The maximum atomic E-state index is 12.6. The van der Waals surface area contributed by atoms with Crippen LogP contribution in [0, 0.1) is 11.3 Å². The van der Waals surface area contributed by atoms with Crippen LogP contribution >= 0.6 is 15.9 Å². The molecule has 33 heavy (non-hydrogen) atoms. The topological polar surface area (TPSA) is 94.6 Å². The number of carbonyl (C=O) groups is 1. The van der Waals surface area contributed by atoms with Gasteiger partial charge in [0.25, 0.3) is 0 Å². The summed E-state index contributed by atoms with van der Waals surface area (Å²) in [5, 5.41) is 9.78. The van der Waals surface area contributed by atoms with Crippen LogP contribution in [-0.4, -0.2) is 12.6 Å². The molecular weight excluding hydrogens is 484 g/mol. The van der Waals surface area contributed by atoms with E-state index in [9.17, 15) is 10.1 Å². The smallest absolute Gasteiger partial charge is 0.344 e. The van der Waals surface area contributed by atoms with Crippen molar-refractivity contribution in [1.29, 1.82) is 5.26 Å². The van der Waals surface area contributed by atoms with Crippen LogP contribution in [0.2, 0.25) is 0 Å². The average Bonchev–Trinajstić information content (AvgIpc) is 2.82. The maximum absolute atomic E-state index is 12.6. The van der Waals surface area contributed by atoms with E-state index in [2.05, 4.69) is 22.0 Å². The number of ether oxygens (including phenoxy) is 3. The van der Waals surface area contributed by atoms with Gasteiger partial charge in [0, 0.05) is 16.1 Å². The molecule has 0 saturated heterocycles. The summed E-state index contributed by atoms with van der Waals surface area (Å²) in [6.45, 7) is 2.64. The standard InChI is InChI=1S/C26H21BrN2O4/c1-2-12-31-17-7-5-6-16(13-17)24-20-11-10-18(14-23(20)33-25(29)21(24)15-28)32-26(30)19-8-3-4-9-22(19)27/h3-11,13-14,24H,2,12,29H2,1H3. The minimum Gasteiger partial charge on any atom is -0.494 e. The Bertz CT molecular complexity index is 1280. The summed E-state index contributed by atoms with van der Waals surface area (Å²) >= 11 is 3.36. The zero-order chi connectivity index (χ0) is 23.4. The van der Waals surface area contributed by atoms with Crippen LogP contribution in [0.1, 0.15) is 40.7 Å². The number of rotatable bonds is 6. The number of halogens is 1. The summed E-state index contributed by atoms with van der Waals surface area (Å²) in [7, 11) is 0. The second-order valence-electron chi connectivity index (χ2n) is 7.41. The van der Waals surface area contributed by atoms with Crippen LogP contribution in [0.4, 0.5) is 0 Å². The Kier molecular flexibility index (Phi) is 6.66. The van der Waals surface area contributed by atoms with Gasteiger partial charge in [-0.1, -0.05) is 37.3 Å². The summed E-state index contributed by atoms with van der Waals surface area (Å²) in [6.07, 6.45) is 0.891. The van der Waals surface area contributed by atoms with Crippen LogP contribution in [0.3, 0.4) is 0 Å². The Balaban J connectivity index is 1.68. The zero-order valence-electron chi connectivity index (χ0n) is 17.9. The number of nitrogens with two attached hydrogens (primary N) is 1. The monoisotopic (exact) mass is 504 g/mol. The summed E-state index contributed by atoms with van der Waals surface area (Å²) in [5.41, 5.74) is 8.42. The van der Waals surface area contributed by atoms with Gasteiger partial charge in [-0.3, -0.25) is 0 Å². The highest BCUT2D eigenvalue weighted by Gasteiger charge is 2.31. The molecule has 3 aromatic carbocycles. The molecule has 2 N–H and O–H groups in total. The first-order chi connectivity index (χ1) is 16.0. The number of benzene rings is 3. The molecule has 1 aliphatic rings. The summed E-state index contributed by atoms with van der Waals surface area (Å²) < 4.78 is 17.7. The molecule has 0 saturated carbocycles. The van der Waals surface area contributed by atoms with Gasteiger partial charge in [0.2, 0.25) is 5.88 Å². The number of esters is 1. The molecular formula is C26H21BrN2O4. The van der Waals surface area contributed by atoms with Gasteiger partial charge >= 0.3 is 5.97 Å². The normalized spacial score (nSPS) is 14.6. The van der Waals surface area contributed by atoms with E-state index in [-0.39, 0.29) is 5.88 Å². The largest absolute Gasteiger partial charge is 0.494 e. The van der Waals surface area contributed by atoms with Crippen molar-refractivity contribution in [3.05, 3.63) is 99.3 Å². The molecule has 0 spiro atoms. The van der Waals surface area contributed by atoms with Crippen molar-refractivity contribution in [2.75, 3.05) is 6.61 Å². The van der Waals surface area contributed by atoms with E-state index in [1.165, 1.54) is 0 Å². The first-order valence-electron chi connectivity index (χ1n) is 10.4. The second-order valence-corrected chi connectivity index (χ2v) is 8.27. The Morgan fingerprint density at radius 1 is 1.12 bits per heavy atom.